The van der Waals surface area contributed by atoms with E-state index >= 15 is 0 Å². The van der Waals surface area contributed by atoms with E-state index in [9.17, 15) is 8.78 Å². The Morgan fingerprint density at radius 3 is 2.82 bits per heavy atom. The molecule has 0 fully saturated rings. The van der Waals surface area contributed by atoms with Crippen molar-refractivity contribution in [2.75, 3.05) is 0 Å². The highest BCUT2D eigenvalue weighted by Crippen LogP contribution is 2.28. The number of halogens is 4. The van der Waals surface area contributed by atoms with Gasteiger partial charge in [-0.05, 0) is 53.7 Å². The van der Waals surface area contributed by atoms with E-state index in [1.54, 1.807) is 0 Å². The highest BCUT2D eigenvalue weighted by Gasteiger charge is 2.17. The third-order valence-electron chi connectivity index (χ3n) is 2.94. The monoisotopic (exact) mass is 320 g/mol. The van der Waals surface area contributed by atoms with Crippen molar-refractivity contribution in [3.63, 3.8) is 0 Å². The van der Waals surface area contributed by atoms with Gasteiger partial charge in [0.2, 0.25) is 0 Å². The molecule has 0 aliphatic heterocycles. The second kappa shape index (κ2) is 5.49. The topological polar surface area (TPSA) is 0 Å². The lowest BCUT2D eigenvalue weighted by Gasteiger charge is -2.17. The Morgan fingerprint density at radius 2 is 2.12 bits per heavy atom. The molecule has 0 N–H and O–H groups in total. The molecule has 92 valence electrons. The molecule has 4 heteroatoms. The number of rotatable bonds is 2. The summed E-state index contributed by atoms with van der Waals surface area (Å²) in [6.45, 7) is 0. The van der Waals surface area contributed by atoms with Crippen LogP contribution in [0.1, 0.15) is 24.8 Å². The molecule has 0 spiro atoms. The Hall–Kier alpha value is -0.410. The number of hydrogen-bond donors (Lipinski definition) is 0. The Balaban J connectivity index is 2.27. The lowest BCUT2D eigenvalue weighted by molar-refractivity contribution is 0.552. The maximum atomic E-state index is 13.8. The molecule has 0 amide bonds. The van der Waals surface area contributed by atoms with E-state index in [1.165, 1.54) is 12.1 Å². The van der Waals surface area contributed by atoms with E-state index in [0.29, 0.717) is 10.9 Å². The average Bonchev–Trinajstić information content (AvgIpc) is 2.30. The van der Waals surface area contributed by atoms with Gasteiger partial charge in [0.1, 0.15) is 11.6 Å². The van der Waals surface area contributed by atoms with Crippen LogP contribution in [0.4, 0.5) is 8.78 Å². The largest absolute Gasteiger partial charge is 0.207 e. The molecule has 0 nitrogen and oxygen atoms in total. The van der Waals surface area contributed by atoms with E-state index in [0.717, 1.165) is 24.8 Å². The maximum absolute atomic E-state index is 13.8. The van der Waals surface area contributed by atoms with E-state index in [-0.39, 0.29) is 10.9 Å². The fourth-order valence-electron chi connectivity index (χ4n) is 2.05. The lowest BCUT2D eigenvalue weighted by Crippen LogP contribution is -2.07. The van der Waals surface area contributed by atoms with Crippen LogP contribution < -0.4 is 0 Å². The lowest BCUT2D eigenvalue weighted by atomic mass is 9.93. The van der Waals surface area contributed by atoms with Crippen LogP contribution in [0.2, 0.25) is 0 Å². The molecule has 0 saturated carbocycles. The molecule has 1 aliphatic rings. The van der Waals surface area contributed by atoms with Crippen LogP contribution in [0.5, 0.6) is 0 Å². The van der Waals surface area contributed by atoms with Gasteiger partial charge in [0.15, 0.2) is 0 Å². The van der Waals surface area contributed by atoms with Crippen LogP contribution in [0.3, 0.4) is 0 Å². The fraction of sp³-hybridized carbons (Fsp3) is 0.385. The minimum Gasteiger partial charge on any atom is -0.207 e. The highest BCUT2D eigenvalue weighted by atomic mass is 79.9. The van der Waals surface area contributed by atoms with Crippen molar-refractivity contribution in [1.29, 1.82) is 0 Å². The van der Waals surface area contributed by atoms with Crippen molar-refractivity contribution < 1.29 is 8.78 Å². The van der Waals surface area contributed by atoms with E-state index < -0.39 is 11.6 Å². The molecule has 1 aromatic rings. The zero-order valence-electron chi connectivity index (χ0n) is 9.15. The molecule has 1 atom stereocenters. The summed E-state index contributed by atoms with van der Waals surface area (Å²) in [7, 11) is 0. The number of allylic oxidation sites excluding steroid dienone is 2. The van der Waals surface area contributed by atoms with Gasteiger partial charge in [-0.1, -0.05) is 11.6 Å². The highest BCUT2D eigenvalue weighted by molar-refractivity contribution is 9.10. The van der Waals surface area contributed by atoms with Crippen molar-refractivity contribution >= 4 is 27.5 Å². The average molecular weight is 322 g/mol. The number of alkyl halides is 1. The third-order valence-corrected chi connectivity index (χ3v) is 3.89. The summed E-state index contributed by atoms with van der Waals surface area (Å²) in [6.07, 6.45) is 5.02. The van der Waals surface area contributed by atoms with Gasteiger partial charge in [-0.25, -0.2) is 8.78 Å². The molecule has 0 aromatic heterocycles. The van der Waals surface area contributed by atoms with Gasteiger partial charge >= 0.3 is 0 Å². The Morgan fingerprint density at radius 1 is 1.35 bits per heavy atom. The zero-order valence-corrected chi connectivity index (χ0v) is 11.5. The van der Waals surface area contributed by atoms with Crippen LogP contribution in [0.15, 0.2) is 28.3 Å². The zero-order chi connectivity index (χ0) is 12.4. The summed E-state index contributed by atoms with van der Waals surface area (Å²) < 4.78 is 27.6. The van der Waals surface area contributed by atoms with Gasteiger partial charge in [0.25, 0.3) is 0 Å². The molecule has 17 heavy (non-hydrogen) atoms. The molecule has 1 aromatic carbocycles. The van der Waals surface area contributed by atoms with Gasteiger partial charge in [-0.3, -0.25) is 0 Å². The minimum atomic E-state index is -0.511. The van der Waals surface area contributed by atoms with Crippen LogP contribution in [-0.4, -0.2) is 5.38 Å². The van der Waals surface area contributed by atoms with Gasteiger partial charge in [0.05, 0.1) is 9.85 Å². The smallest absolute Gasteiger partial charge is 0.143 e. The quantitative estimate of drug-likeness (QED) is 0.409. The SMILES string of the molecule is Fc1ccc(Br)c(F)c1CC1=CC(Cl)CCC1. The van der Waals surface area contributed by atoms with Crippen LogP contribution >= 0.6 is 27.5 Å². The van der Waals surface area contributed by atoms with E-state index in [4.69, 9.17) is 11.6 Å². The standard InChI is InChI=1S/C13H12BrClF2/c14-11-4-5-12(16)10(13(11)17)7-8-2-1-3-9(15)6-8/h4-6,9H,1-3,7H2. The summed E-state index contributed by atoms with van der Waals surface area (Å²) in [5.74, 6) is -1.01. The van der Waals surface area contributed by atoms with Crippen molar-refractivity contribution in [3.05, 3.63) is 45.5 Å². The van der Waals surface area contributed by atoms with Gasteiger partial charge < -0.3 is 0 Å². The number of hydrogen-bond acceptors (Lipinski definition) is 0. The van der Waals surface area contributed by atoms with Crippen molar-refractivity contribution in [2.24, 2.45) is 0 Å². The summed E-state index contributed by atoms with van der Waals surface area (Å²) in [4.78, 5) is 0. The predicted molar refractivity (Wildman–Crippen MR) is 69.3 cm³/mol. The molecule has 1 aliphatic carbocycles. The van der Waals surface area contributed by atoms with Gasteiger partial charge in [-0.15, -0.1) is 11.6 Å². The Bertz CT molecular complexity index is 457. The molecule has 0 radical (unpaired) electrons. The molecule has 0 heterocycles. The summed E-state index contributed by atoms with van der Waals surface area (Å²) in [5.41, 5.74) is 1.14. The van der Waals surface area contributed by atoms with Crippen molar-refractivity contribution in [1.82, 2.24) is 0 Å². The Labute approximate surface area is 113 Å². The summed E-state index contributed by atoms with van der Waals surface area (Å²) in [5, 5.41) is -0.00275. The first-order chi connectivity index (χ1) is 8.08. The predicted octanol–water partition coefficient (Wildman–Crippen LogP) is 4.99. The maximum Gasteiger partial charge on any atom is 0.143 e. The van der Waals surface area contributed by atoms with E-state index in [1.807, 2.05) is 6.08 Å². The second-order valence-electron chi connectivity index (χ2n) is 4.23. The number of benzene rings is 1. The fourth-order valence-corrected chi connectivity index (χ4v) is 2.76. The third kappa shape index (κ3) is 3.08. The van der Waals surface area contributed by atoms with E-state index in [2.05, 4.69) is 15.9 Å². The van der Waals surface area contributed by atoms with Crippen LogP contribution in [-0.2, 0) is 6.42 Å². The van der Waals surface area contributed by atoms with Gasteiger partial charge in [-0.2, -0.15) is 0 Å². The van der Waals surface area contributed by atoms with Crippen molar-refractivity contribution in [3.8, 4) is 0 Å². The summed E-state index contributed by atoms with van der Waals surface area (Å²) in [6, 6.07) is 2.66. The van der Waals surface area contributed by atoms with Gasteiger partial charge in [0, 0.05) is 5.56 Å². The second-order valence-corrected chi connectivity index (χ2v) is 5.65. The first kappa shape index (κ1) is 13.0. The molecule has 0 bridgehead atoms. The normalized spacial score (nSPS) is 20.2. The first-order valence-electron chi connectivity index (χ1n) is 5.54. The first-order valence-corrected chi connectivity index (χ1v) is 6.77. The van der Waals surface area contributed by atoms with Crippen LogP contribution in [0, 0.1) is 11.6 Å². The Kier molecular flexibility index (Phi) is 4.21. The molecule has 2 rings (SSSR count). The molecular formula is C13H12BrClF2. The molecular weight excluding hydrogens is 309 g/mol. The minimum absolute atomic E-state index is 0.00275. The van der Waals surface area contributed by atoms with Crippen molar-refractivity contribution in [2.45, 2.75) is 31.1 Å². The molecule has 1 unspecified atom stereocenters. The molecule has 0 saturated heterocycles. The summed E-state index contributed by atoms with van der Waals surface area (Å²) >= 11 is 9.09. The van der Waals surface area contributed by atoms with Crippen LogP contribution in [0.25, 0.3) is 0 Å².